The van der Waals surface area contributed by atoms with Crippen LogP contribution in [-0.4, -0.2) is 21.3 Å². The van der Waals surface area contributed by atoms with Gasteiger partial charge in [0.2, 0.25) is 0 Å². The second-order valence-electron chi connectivity index (χ2n) is 3.75. The van der Waals surface area contributed by atoms with Crippen LogP contribution in [0.3, 0.4) is 0 Å². The van der Waals surface area contributed by atoms with E-state index >= 15 is 0 Å². The molecular formula is C11H17IN2O2. The van der Waals surface area contributed by atoms with E-state index in [1.165, 1.54) is 0 Å². The van der Waals surface area contributed by atoms with Crippen LogP contribution in [0.15, 0.2) is 11.0 Å². The lowest BCUT2D eigenvalue weighted by molar-refractivity contribution is 0.282. The smallest absolute Gasteiger partial charge is 0.266 e. The number of rotatable bonds is 6. The van der Waals surface area contributed by atoms with Crippen LogP contribution in [0.5, 0.6) is 0 Å². The molecule has 0 aliphatic rings. The van der Waals surface area contributed by atoms with Gasteiger partial charge in [-0.15, -0.1) is 0 Å². The van der Waals surface area contributed by atoms with E-state index in [0.717, 1.165) is 38.1 Å². The number of aliphatic hydroxyl groups is 1. The lowest BCUT2D eigenvalue weighted by Gasteiger charge is -2.08. The van der Waals surface area contributed by atoms with Crippen molar-refractivity contribution >= 4 is 22.6 Å². The van der Waals surface area contributed by atoms with Crippen molar-refractivity contribution < 1.29 is 5.11 Å². The molecule has 90 valence electrons. The Balaban J connectivity index is 2.54. The van der Waals surface area contributed by atoms with E-state index in [4.69, 9.17) is 5.11 Å². The van der Waals surface area contributed by atoms with Gasteiger partial charge in [0.05, 0.1) is 3.57 Å². The minimum atomic E-state index is 0.0512. The highest BCUT2D eigenvalue weighted by molar-refractivity contribution is 14.1. The minimum absolute atomic E-state index is 0.0512. The first kappa shape index (κ1) is 13.6. The van der Waals surface area contributed by atoms with Gasteiger partial charge in [-0.3, -0.25) is 9.36 Å². The van der Waals surface area contributed by atoms with Crippen LogP contribution >= 0.6 is 22.6 Å². The Bertz CT molecular complexity index is 390. The third-order valence-electron chi connectivity index (χ3n) is 2.49. The summed E-state index contributed by atoms with van der Waals surface area (Å²) in [5, 5.41) is 8.64. The van der Waals surface area contributed by atoms with Crippen LogP contribution in [0.25, 0.3) is 0 Å². The van der Waals surface area contributed by atoms with E-state index in [1.54, 1.807) is 10.8 Å². The summed E-state index contributed by atoms with van der Waals surface area (Å²) in [6.45, 7) is 2.83. The SMILES string of the molecule is Cc1ncc(I)c(=O)n1CCCCCCO. The highest BCUT2D eigenvalue weighted by Crippen LogP contribution is 2.03. The van der Waals surface area contributed by atoms with Crippen LogP contribution in [0, 0.1) is 10.5 Å². The number of aryl methyl sites for hydroxylation is 1. The topological polar surface area (TPSA) is 55.1 Å². The Hall–Kier alpha value is -0.430. The molecule has 1 N–H and O–H groups in total. The monoisotopic (exact) mass is 336 g/mol. The third kappa shape index (κ3) is 3.86. The molecule has 0 spiro atoms. The van der Waals surface area contributed by atoms with Gasteiger partial charge >= 0.3 is 0 Å². The minimum Gasteiger partial charge on any atom is -0.396 e. The van der Waals surface area contributed by atoms with Crippen molar-refractivity contribution in [2.45, 2.75) is 39.2 Å². The van der Waals surface area contributed by atoms with Gasteiger partial charge in [-0.1, -0.05) is 12.8 Å². The van der Waals surface area contributed by atoms with Gasteiger partial charge < -0.3 is 5.11 Å². The number of aromatic nitrogens is 2. The molecule has 1 rings (SSSR count). The molecule has 1 aromatic heterocycles. The first-order chi connectivity index (χ1) is 7.66. The first-order valence-corrected chi connectivity index (χ1v) is 6.57. The summed E-state index contributed by atoms with van der Waals surface area (Å²) in [5.74, 6) is 0.771. The highest BCUT2D eigenvalue weighted by Gasteiger charge is 2.04. The molecule has 16 heavy (non-hydrogen) atoms. The Morgan fingerprint density at radius 2 is 2.06 bits per heavy atom. The van der Waals surface area contributed by atoms with E-state index < -0.39 is 0 Å². The maximum Gasteiger partial charge on any atom is 0.266 e. The molecule has 0 saturated carbocycles. The third-order valence-corrected chi connectivity index (χ3v) is 3.23. The average molecular weight is 336 g/mol. The van der Waals surface area contributed by atoms with Crippen LogP contribution < -0.4 is 5.56 Å². The standard InChI is InChI=1S/C11H17IN2O2/c1-9-13-8-10(12)11(16)14(9)6-4-2-3-5-7-15/h8,15H,2-7H2,1H3. The van der Waals surface area contributed by atoms with E-state index in [2.05, 4.69) is 4.98 Å². The van der Waals surface area contributed by atoms with Crippen molar-refractivity contribution in [3.05, 3.63) is 25.9 Å². The molecule has 0 aliphatic carbocycles. The van der Waals surface area contributed by atoms with Crippen molar-refractivity contribution in [1.29, 1.82) is 0 Å². The Morgan fingerprint density at radius 1 is 1.38 bits per heavy atom. The van der Waals surface area contributed by atoms with E-state index in [0.29, 0.717) is 3.57 Å². The zero-order valence-electron chi connectivity index (χ0n) is 9.45. The number of halogens is 1. The zero-order chi connectivity index (χ0) is 12.0. The summed E-state index contributed by atoms with van der Waals surface area (Å²) in [6.07, 6.45) is 5.47. The van der Waals surface area contributed by atoms with Gasteiger partial charge in [-0.2, -0.15) is 0 Å². The van der Waals surface area contributed by atoms with Crippen LogP contribution in [0.4, 0.5) is 0 Å². The fourth-order valence-electron chi connectivity index (χ4n) is 1.55. The zero-order valence-corrected chi connectivity index (χ0v) is 11.6. The van der Waals surface area contributed by atoms with E-state index in [9.17, 15) is 4.79 Å². The summed E-state index contributed by atoms with van der Waals surface area (Å²) in [7, 11) is 0. The number of hydrogen-bond donors (Lipinski definition) is 1. The fraction of sp³-hybridized carbons (Fsp3) is 0.636. The molecule has 0 atom stereocenters. The van der Waals surface area contributed by atoms with Crippen molar-refractivity contribution in [1.82, 2.24) is 9.55 Å². The molecule has 1 heterocycles. The summed E-state index contributed by atoms with van der Waals surface area (Å²) < 4.78 is 2.39. The molecule has 0 aliphatic heterocycles. The number of nitrogens with zero attached hydrogens (tertiary/aromatic N) is 2. The average Bonchev–Trinajstić information content (AvgIpc) is 2.28. The maximum absolute atomic E-state index is 11.8. The fourth-order valence-corrected chi connectivity index (χ4v) is 1.98. The Kier molecular flexibility index (Phi) is 5.97. The molecule has 1 aromatic rings. The predicted molar refractivity (Wildman–Crippen MR) is 71.5 cm³/mol. The highest BCUT2D eigenvalue weighted by atomic mass is 127. The Labute approximate surface area is 109 Å². The van der Waals surface area contributed by atoms with Gasteiger partial charge in [0.15, 0.2) is 0 Å². The van der Waals surface area contributed by atoms with Crippen molar-refractivity contribution in [3.8, 4) is 0 Å². The number of unbranched alkanes of at least 4 members (excludes halogenated alkanes) is 3. The van der Waals surface area contributed by atoms with Crippen LogP contribution in [0.2, 0.25) is 0 Å². The normalized spacial score (nSPS) is 10.7. The van der Waals surface area contributed by atoms with Gasteiger partial charge in [0.1, 0.15) is 5.82 Å². The molecular weight excluding hydrogens is 319 g/mol. The first-order valence-electron chi connectivity index (χ1n) is 5.49. The molecule has 0 saturated heterocycles. The van der Waals surface area contributed by atoms with Gasteiger partial charge in [-0.05, 0) is 42.4 Å². The van der Waals surface area contributed by atoms with Crippen LogP contribution in [-0.2, 0) is 6.54 Å². The molecule has 0 unspecified atom stereocenters. The number of hydrogen-bond acceptors (Lipinski definition) is 3. The largest absolute Gasteiger partial charge is 0.396 e. The van der Waals surface area contributed by atoms with Gasteiger partial charge in [0, 0.05) is 19.3 Å². The second-order valence-corrected chi connectivity index (χ2v) is 4.91. The molecule has 5 heteroatoms. The molecule has 0 aromatic carbocycles. The summed E-state index contributed by atoms with van der Waals surface area (Å²) in [4.78, 5) is 16.0. The van der Waals surface area contributed by atoms with Crippen LogP contribution in [0.1, 0.15) is 31.5 Å². The quantitative estimate of drug-likeness (QED) is 0.636. The second kappa shape index (κ2) is 7.01. The van der Waals surface area contributed by atoms with Gasteiger partial charge in [0.25, 0.3) is 5.56 Å². The van der Waals surface area contributed by atoms with Crippen molar-refractivity contribution in [2.24, 2.45) is 0 Å². The molecule has 0 fully saturated rings. The lowest BCUT2D eigenvalue weighted by Crippen LogP contribution is -2.25. The molecule has 0 radical (unpaired) electrons. The summed E-state index contributed by atoms with van der Waals surface area (Å²) in [5.41, 5.74) is 0.0512. The van der Waals surface area contributed by atoms with Gasteiger partial charge in [-0.25, -0.2) is 4.98 Å². The molecule has 4 nitrogen and oxygen atoms in total. The predicted octanol–water partition coefficient (Wildman–Crippen LogP) is 1.71. The molecule has 0 amide bonds. The van der Waals surface area contributed by atoms with E-state index in [1.807, 2.05) is 29.5 Å². The Morgan fingerprint density at radius 3 is 2.75 bits per heavy atom. The maximum atomic E-state index is 11.8. The number of aliphatic hydroxyl groups excluding tert-OH is 1. The van der Waals surface area contributed by atoms with Crippen molar-refractivity contribution in [2.75, 3.05) is 6.61 Å². The van der Waals surface area contributed by atoms with E-state index in [-0.39, 0.29) is 12.2 Å². The summed E-state index contributed by atoms with van der Waals surface area (Å²) >= 11 is 2.01. The summed E-state index contributed by atoms with van der Waals surface area (Å²) in [6, 6.07) is 0. The van der Waals surface area contributed by atoms with Crippen molar-refractivity contribution in [3.63, 3.8) is 0 Å². The lowest BCUT2D eigenvalue weighted by atomic mass is 10.2. The molecule has 0 bridgehead atoms.